The number of rotatable bonds is 6. The molecule has 0 saturated heterocycles. The molecule has 4 rings (SSSR count). The smallest absolute Gasteiger partial charge is 0.337 e. The summed E-state index contributed by atoms with van der Waals surface area (Å²) in [6.07, 6.45) is 4.07. The van der Waals surface area contributed by atoms with Crippen molar-refractivity contribution in [1.82, 2.24) is 9.55 Å². The van der Waals surface area contributed by atoms with Gasteiger partial charge in [0.1, 0.15) is 5.82 Å². The van der Waals surface area contributed by atoms with Crippen molar-refractivity contribution >= 4 is 33.9 Å². The van der Waals surface area contributed by atoms with E-state index in [1.54, 1.807) is 18.2 Å². The molecule has 4 aromatic rings. The van der Waals surface area contributed by atoms with Gasteiger partial charge in [0.15, 0.2) is 0 Å². The Balaban J connectivity index is 1.60. The fraction of sp³-hybridized carbons (Fsp3) is 0.148. The molecule has 1 amide bonds. The molecule has 0 radical (unpaired) electrons. The first-order valence-corrected chi connectivity index (χ1v) is 10.8. The second-order valence-electron chi connectivity index (χ2n) is 7.94. The Kier molecular flexibility index (Phi) is 6.09. The van der Waals surface area contributed by atoms with Crippen molar-refractivity contribution < 1.29 is 14.7 Å². The average molecular weight is 440 g/mol. The molecule has 0 aliphatic rings. The van der Waals surface area contributed by atoms with Gasteiger partial charge in [-0.3, -0.25) is 4.79 Å². The topological polar surface area (TPSA) is 84.2 Å². The quantitative estimate of drug-likeness (QED) is 0.381. The monoisotopic (exact) mass is 439 g/mol. The first-order valence-electron chi connectivity index (χ1n) is 10.8. The van der Waals surface area contributed by atoms with E-state index in [-0.39, 0.29) is 17.2 Å². The largest absolute Gasteiger partial charge is 0.478 e. The van der Waals surface area contributed by atoms with Crippen LogP contribution in [-0.4, -0.2) is 26.5 Å². The van der Waals surface area contributed by atoms with Crippen LogP contribution in [0, 0.1) is 6.92 Å². The lowest BCUT2D eigenvalue weighted by Gasteiger charge is -2.12. The Labute approximate surface area is 192 Å². The lowest BCUT2D eigenvalue weighted by molar-refractivity contribution is -0.111. The lowest BCUT2D eigenvalue weighted by Crippen LogP contribution is -2.13. The number of aryl methyl sites for hydroxylation is 2. The summed E-state index contributed by atoms with van der Waals surface area (Å²) in [4.78, 5) is 29.1. The maximum Gasteiger partial charge on any atom is 0.337 e. The van der Waals surface area contributed by atoms with Gasteiger partial charge in [-0.05, 0) is 60.0 Å². The molecule has 0 unspecified atom stereocenters. The Hall–Kier alpha value is -4.19. The van der Waals surface area contributed by atoms with E-state index in [0.717, 1.165) is 33.4 Å². The number of nitrogens with zero attached hydrogens (tertiary/aromatic N) is 2. The number of carboxylic acids is 1. The number of imidazole rings is 1. The molecule has 0 fully saturated rings. The van der Waals surface area contributed by atoms with Crippen LogP contribution >= 0.6 is 0 Å². The number of aromatic nitrogens is 2. The van der Waals surface area contributed by atoms with E-state index < -0.39 is 5.97 Å². The highest BCUT2D eigenvalue weighted by Crippen LogP contribution is 2.24. The predicted octanol–water partition coefficient (Wildman–Crippen LogP) is 5.64. The molecule has 2 N–H and O–H groups in total. The minimum atomic E-state index is -1.11. The highest BCUT2D eigenvalue weighted by molar-refractivity contribution is 6.07. The maximum atomic E-state index is 12.7. The van der Waals surface area contributed by atoms with Gasteiger partial charge in [-0.2, -0.15) is 0 Å². The number of hydrogen-bond acceptors (Lipinski definition) is 3. The first-order chi connectivity index (χ1) is 15.9. The summed E-state index contributed by atoms with van der Waals surface area (Å²) in [6.45, 7) is 5.75. The molecule has 3 aromatic carbocycles. The van der Waals surface area contributed by atoms with Gasteiger partial charge in [0.05, 0.1) is 16.9 Å². The standard InChI is InChI=1S/C27H25N3O3/c1-4-25-28-18(3)16-30(25)22-11-12-24(23(15-22)27(32)33)29-26(31)13-17(2)20-10-9-19-7-5-6-8-21(19)14-20/h5-16H,4H2,1-3H3,(H,29,31)(H,32,33)/b17-13-. The van der Waals surface area contributed by atoms with Gasteiger partial charge in [0, 0.05) is 24.4 Å². The minimum absolute atomic E-state index is 0.0195. The van der Waals surface area contributed by atoms with Crippen LogP contribution in [0.1, 0.15) is 41.3 Å². The minimum Gasteiger partial charge on any atom is -0.478 e. The number of nitrogens with one attached hydrogen (secondary N) is 1. The fourth-order valence-electron chi connectivity index (χ4n) is 3.87. The summed E-state index contributed by atoms with van der Waals surface area (Å²) in [6, 6.07) is 19.0. The van der Waals surface area contributed by atoms with Crippen molar-refractivity contribution in [2.24, 2.45) is 0 Å². The Morgan fingerprint density at radius 1 is 1.06 bits per heavy atom. The summed E-state index contributed by atoms with van der Waals surface area (Å²) >= 11 is 0. The zero-order valence-electron chi connectivity index (χ0n) is 18.8. The number of aromatic carboxylic acids is 1. The van der Waals surface area contributed by atoms with Crippen LogP contribution in [0.2, 0.25) is 0 Å². The number of allylic oxidation sites excluding steroid dienone is 1. The molecular weight excluding hydrogens is 414 g/mol. The highest BCUT2D eigenvalue weighted by Gasteiger charge is 2.15. The molecule has 0 spiro atoms. The molecule has 0 bridgehead atoms. The van der Waals surface area contributed by atoms with Gasteiger partial charge in [-0.25, -0.2) is 9.78 Å². The predicted molar refractivity (Wildman–Crippen MR) is 131 cm³/mol. The van der Waals surface area contributed by atoms with Crippen molar-refractivity contribution in [2.75, 3.05) is 5.32 Å². The van der Waals surface area contributed by atoms with E-state index in [1.807, 2.05) is 74.0 Å². The number of hydrogen-bond donors (Lipinski definition) is 2. The summed E-state index contributed by atoms with van der Waals surface area (Å²) in [7, 11) is 0. The molecule has 6 heteroatoms. The van der Waals surface area contributed by atoms with Gasteiger partial charge in [-0.1, -0.05) is 43.3 Å². The van der Waals surface area contributed by atoms with Crippen LogP contribution in [0.4, 0.5) is 5.69 Å². The molecule has 1 aromatic heterocycles. The molecule has 166 valence electrons. The number of anilines is 1. The molecule has 0 saturated carbocycles. The van der Waals surface area contributed by atoms with Crippen LogP contribution in [0.25, 0.3) is 22.0 Å². The van der Waals surface area contributed by atoms with Crippen LogP contribution in [0.5, 0.6) is 0 Å². The van der Waals surface area contributed by atoms with Crippen LogP contribution in [0.15, 0.2) is 72.9 Å². The maximum absolute atomic E-state index is 12.7. The lowest BCUT2D eigenvalue weighted by atomic mass is 10.0. The summed E-state index contributed by atoms with van der Waals surface area (Å²) < 4.78 is 1.87. The average Bonchev–Trinajstić information content (AvgIpc) is 3.19. The second-order valence-corrected chi connectivity index (χ2v) is 7.94. The van der Waals surface area contributed by atoms with E-state index >= 15 is 0 Å². The van der Waals surface area contributed by atoms with Gasteiger partial charge in [-0.15, -0.1) is 0 Å². The third-order valence-electron chi connectivity index (χ3n) is 5.54. The van der Waals surface area contributed by atoms with E-state index in [1.165, 1.54) is 6.08 Å². The Bertz CT molecular complexity index is 1400. The van der Waals surface area contributed by atoms with Crippen molar-refractivity contribution in [3.8, 4) is 5.69 Å². The highest BCUT2D eigenvalue weighted by atomic mass is 16.4. The fourth-order valence-corrected chi connectivity index (χ4v) is 3.87. The summed E-state index contributed by atoms with van der Waals surface area (Å²) in [5, 5.41) is 14.7. The van der Waals surface area contributed by atoms with Crippen molar-refractivity contribution in [3.63, 3.8) is 0 Å². The van der Waals surface area contributed by atoms with Crippen molar-refractivity contribution in [1.29, 1.82) is 0 Å². The molecule has 1 heterocycles. The van der Waals surface area contributed by atoms with E-state index in [2.05, 4.69) is 10.3 Å². The van der Waals surface area contributed by atoms with Gasteiger partial charge < -0.3 is 15.0 Å². The molecule has 0 aliphatic carbocycles. The van der Waals surface area contributed by atoms with Crippen LogP contribution < -0.4 is 5.32 Å². The van der Waals surface area contributed by atoms with Gasteiger partial charge in [0.25, 0.3) is 0 Å². The van der Waals surface area contributed by atoms with Crippen LogP contribution in [0.3, 0.4) is 0 Å². The zero-order valence-corrected chi connectivity index (χ0v) is 18.8. The number of benzene rings is 3. The molecule has 33 heavy (non-hydrogen) atoms. The van der Waals surface area contributed by atoms with E-state index in [0.29, 0.717) is 12.1 Å². The first kappa shape index (κ1) is 22.0. The van der Waals surface area contributed by atoms with Gasteiger partial charge >= 0.3 is 5.97 Å². The summed E-state index contributed by atoms with van der Waals surface area (Å²) in [5.41, 5.74) is 3.52. The number of fused-ring (bicyclic) bond motifs is 1. The van der Waals surface area contributed by atoms with E-state index in [9.17, 15) is 14.7 Å². The number of carbonyl (C=O) groups excluding carboxylic acids is 1. The normalized spacial score (nSPS) is 11.5. The number of carboxylic acid groups (broad SMARTS) is 1. The SMILES string of the molecule is CCc1nc(C)cn1-c1ccc(NC(=O)/C=C(/C)c2ccc3ccccc3c2)c(C(=O)O)c1. The summed E-state index contributed by atoms with van der Waals surface area (Å²) in [5.74, 6) is -0.657. The molecule has 6 nitrogen and oxygen atoms in total. The Morgan fingerprint density at radius 2 is 1.82 bits per heavy atom. The zero-order chi connectivity index (χ0) is 23.5. The third-order valence-corrected chi connectivity index (χ3v) is 5.54. The molecular formula is C27H25N3O3. The second kappa shape index (κ2) is 9.12. The van der Waals surface area contributed by atoms with Gasteiger partial charge in [0.2, 0.25) is 5.91 Å². The third kappa shape index (κ3) is 4.70. The Morgan fingerprint density at radius 3 is 2.55 bits per heavy atom. The van der Waals surface area contributed by atoms with E-state index in [4.69, 9.17) is 0 Å². The number of amides is 1. The number of carbonyl (C=O) groups is 2. The molecule has 0 atom stereocenters. The van der Waals surface area contributed by atoms with Crippen LogP contribution in [-0.2, 0) is 11.2 Å². The van der Waals surface area contributed by atoms with Crippen molar-refractivity contribution in [3.05, 3.63) is 95.6 Å². The van der Waals surface area contributed by atoms with Crippen molar-refractivity contribution in [2.45, 2.75) is 27.2 Å². The molecule has 0 aliphatic heterocycles.